The molecular weight excluding hydrogens is 216 g/mol. The minimum absolute atomic E-state index is 0.0972. The van der Waals surface area contributed by atoms with Gasteiger partial charge < -0.3 is 24.8 Å². The summed E-state index contributed by atoms with van der Waals surface area (Å²) in [5.41, 5.74) is 0. The lowest BCUT2D eigenvalue weighted by molar-refractivity contribution is -0.148. The van der Waals surface area contributed by atoms with Gasteiger partial charge in [-0.25, -0.2) is 4.79 Å². The van der Waals surface area contributed by atoms with Crippen LogP contribution >= 0.6 is 0 Å². The standard InChI is InChI=1S/C10H16O6/c1-2-3-4-15-9-7(13)10(14)16-8(9)6(12)5-11/h6,8,11-13H,2-5H2,1H3. The van der Waals surface area contributed by atoms with E-state index in [0.717, 1.165) is 12.8 Å². The zero-order valence-corrected chi connectivity index (χ0v) is 9.05. The van der Waals surface area contributed by atoms with E-state index in [-0.39, 0.29) is 5.76 Å². The van der Waals surface area contributed by atoms with E-state index in [1.54, 1.807) is 0 Å². The number of unbranched alkanes of at least 4 members (excludes halogenated alkanes) is 1. The quantitative estimate of drug-likeness (QED) is 0.435. The maximum absolute atomic E-state index is 11.0. The minimum atomic E-state index is -1.29. The summed E-state index contributed by atoms with van der Waals surface area (Å²) in [4.78, 5) is 11.0. The molecule has 2 atom stereocenters. The highest BCUT2D eigenvalue weighted by Crippen LogP contribution is 2.24. The average Bonchev–Trinajstić information content (AvgIpc) is 2.56. The third-order valence-corrected chi connectivity index (χ3v) is 2.21. The zero-order chi connectivity index (χ0) is 12.1. The van der Waals surface area contributed by atoms with Gasteiger partial charge in [0.05, 0.1) is 13.2 Å². The average molecular weight is 232 g/mol. The number of aliphatic hydroxyl groups excluding tert-OH is 3. The Morgan fingerprint density at radius 3 is 2.81 bits per heavy atom. The summed E-state index contributed by atoms with van der Waals surface area (Å²) in [7, 11) is 0. The number of carbonyl (C=O) groups excluding carboxylic acids is 1. The maximum atomic E-state index is 11.0. The van der Waals surface area contributed by atoms with Crippen molar-refractivity contribution < 1.29 is 29.6 Å². The summed E-state index contributed by atoms with van der Waals surface area (Å²) in [5.74, 6) is -1.67. The first kappa shape index (κ1) is 12.8. The molecule has 0 fully saturated rings. The molecule has 6 nitrogen and oxygen atoms in total. The van der Waals surface area contributed by atoms with E-state index < -0.39 is 30.5 Å². The molecule has 3 N–H and O–H groups in total. The summed E-state index contributed by atoms with van der Waals surface area (Å²) in [6.45, 7) is 1.71. The first-order valence-corrected chi connectivity index (χ1v) is 5.17. The fourth-order valence-corrected chi connectivity index (χ4v) is 1.29. The van der Waals surface area contributed by atoms with Gasteiger partial charge in [-0.1, -0.05) is 13.3 Å². The van der Waals surface area contributed by atoms with E-state index in [1.807, 2.05) is 6.92 Å². The van der Waals surface area contributed by atoms with Crippen molar-refractivity contribution >= 4 is 5.97 Å². The molecule has 2 unspecified atom stereocenters. The van der Waals surface area contributed by atoms with Crippen LogP contribution in [0.15, 0.2) is 11.5 Å². The van der Waals surface area contributed by atoms with E-state index in [1.165, 1.54) is 0 Å². The molecule has 0 amide bonds. The first-order valence-electron chi connectivity index (χ1n) is 5.17. The van der Waals surface area contributed by atoms with E-state index in [4.69, 9.17) is 9.84 Å². The summed E-state index contributed by atoms with van der Waals surface area (Å²) < 4.78 is 9.85. The Morgan fingerprint density at radius 1 is 1.56 bits per heavy atom. The molecule has 0 saturated carbocycles. The molecular formula is C10H16O6. The van der Waals surface area contributed by atoms with Crippen LogP contribution in [0, 0.1) is 0 Å². The van der Waals surface area contributed by atoms with Gasteiger partial charge in [0.2, 0.25) is 5.76 Å². The van der Waals surface area contributed by atoms with Gasteiger partial charge in [0.1, 0.15) is 6.10 Å². The highest BCUT2D eigenvalue weighted by atomic mass is 16.6. The number of hydrogen-bond acceptors (Lipinski definition) is 6. The molecule has 92 valence electrons. The number of esters is 1. The SMILES string of the molecule is CCCCOC1=C(O)C(=O)OC1C(O)CO. The zero-order valence-electron chi connectivity index (χ0n) is 9.05. The van der Waals surface area contributed by atoms with Crippen molar-refractivity contribution in [1.29, 1.82) is 0 Å². The molecule has 1 rings (SSSR count). The number of aliphatic hydroxyl groups is 3. The number of ether oxygens (including phenoxy) is 2. The second-order valence-electron chi connectivity index (χ2n) is 3.49. The van der Waals surface area contributed by atoms with Crippen LogP contribution in [0.3, 0.4) is 0 Å². The molecule has 0 bridgehead atoms. The minimum Gasteiger partial charge on any atom is -0.499 e. The van der Waals surface area contributed by atoms with E-state index in [0.29, 0.717) is 6.61 Å². The highest BCUT2D eigenvalue weighted by molar-refractivity contribution is 5.89. The maximum Gasteiger partial charge on any atom is 0.378 e. The van der Waals surface area contributed by atoms with Gasteiger partial charge in [0.25, 0.3) is 0 Å². The number of cyclic esters (lactones) is 1. The number of rotatable bonds is 6. The monoisotopic (exact) mass is 232 g/mol. The molecule has 0 aliphatic carbocycles. The molecule has 6 heteroatoms. The summed E-state index contributed by atoms with van der Waals surface area (Å²) in [6.07, 6.45) is -0.747. The molecule has 0 saturated heterocycles. The first-order chi connectivity index (χ1) is 7.61. The van der Waals surface area contributed by atoms with Crippen LogP contribution in [0.1, 0.15) is 19.8 Å². The van der Waals surface area contributed by atoms with Gasteiger partial charge in [-0.2, -0.15) is 0 Å². The van der Waals surface area contributed by atoms with Gasteiger partial charge >= 0.3 is 5.97 Å². The fraction of sp³-hybridized carbons (Fsp3) is 0.700. The normalized spacial score (nSPS) is 22.2. The van der Waals surface area contributed by atoms with Crippen molar-refractivity contribution in [3.8, 4) is 0 Å². The second kappa shape index (κ2) is 5.72. The second-order valence-corrected chi connectivity index (χ2v) is 3.49. The fourth-order valence-electron chi connectivity index (χ4n) is 1.29. The Kier molecular flexibility index (Phi) is 4.57. The van der Waals surface area contributed by atoms with Crippen LogP contribution in [0.5, 0.6) is 0 Å². The Bertz CT molecular complexity index is 285. The molecule has 0 aromatic heterocycles. The highest BCUT2D eigenvalue weighted by Gasteiger charge is 2.40. The predicted octanol–water partition coefficient (Wildman–Crippen LogP) is -0.149. The van der Waals surface area contributed by atoms with Crippen molar-refractivity contribution in [3.05, 3.63) is 11.5 Å². The third-order valence-electron chi connectivity index (χ3n) is 2.21. The lowest BCUT2D eigenvalue weighted by Crippen LogP contribution is -2.32. The van der Waals surface area contributed by atoms with Crippen molar-refractivity contribution in [3.63, 3.8) is 0 Å². The van der Waals surface area contributed by atoms with Crippen LogP contribution in [0.4, 0.5) is 0 Å². The van der Waals surface area contributed by atoms with Crippen LogP contribution < -0.4 is 0 Å². The Balaban J connectivity index is 2.69. The van der Waals surface area contributed by atoms with Gasteiger partial charge in [0, 0.05) is 0 Å². The van der Waals surface area contributed by atoms with Gasteiger partial charge in [-0.05, 0) is 6.42 Å². The largest absolute Gasteiger partial charge is 0.499 e. The number of carbonyl (C=O) groups is 1. The van der Waals surface area contributed by atoms with Crippen molar-refractivity contribution in [2.75, 3.05) is 13.2 Å². The molecule has 1 aliphatic heterocycles. The predicted molar refractivity (Wildman–Crippen MR) is 53.5 cm³/mol. The summed E-state index contributed by atoms with van der Waals surface area (Å²) in [5, 5.41) is 27.5. The van der Waals surface area contributed by atoms with Crippen LogP contribution in [0.2, 0.25) is 0 Å². The third kappa shape index (κ3) is 2.65. The number of hydrogen-bond donors (Lipinski definition) is 3. The molecule has 1 heterocycles. The van der Waals surface area contributed by atoms with E-state index in [9.17, 15) is 15.0 Å². The van der Waals surface area contributed by atoms with E-state index in [2.05, 4.69) is 4.74 Å². The molecule has 1 aliphatic rings. The van der Waals surface area contributed by atoms with Gasteiger partial charge in [0.15, 0.2) is 11.9 Å². The summed E-state index contributed by atoms with van der Waals surface area (Å²) in [6, 6.07) is 0. The van der Waals surface area contributed by atoms with Gasteiger partial charge in [-0.15, -0.1) is 0 Å². The van der Waals surface area contributed by atoms with Crippen LogP contribution in [0.25, 0.3) is 0 Å². The molecule has 0 aromatic rings. The molecule has 16 heavy (non-hydrogen) atoms. The van der Waals surface area contributed by atoms with Crippen LogP contribution in [-0.2, 0) is 14.3 Å². The van der Waals surface area contributed by atoms with Crippen molar-refractivity contribution in [2.24, 2.45) is 0 Å². The summed E-state index contributed by atoms with van der Waals surface area (Å²) >= 11 is 0. The van der Waals surface area contributed by atoms with Crippen LogP contribution in [-0.4, -0.2) is 46.7 Å². The molecule has 0 radical (unpaired) electrons. The van der Waals surface area contributed by atoms with Crippen molar-refractivity contribution in [1.82, 2.24) is 0 Å². The molecule has 0 spiro atoms. The lowest BCUT2D eigenvalue weighted by Gasteiger charge is -2.18. The van der Waals surface area contributed by atoms with Gasteiger partial charge in [-0.3, -0.25) is 0 Å². The topological polar surface area (TPSA) is 96.2 Å². The van der Waals surface area contributed by atoms with E-state index >= 15 is 0 Å². The smallest absolute Gasteiger partial charge is 0.378 e. The Hall–Kier alpha value is -1.27. The Labute approximate surface area is 93.1 Å². The lowest BCUT2D eigenvalue weighted by atomic mass is 10.2. The van der Waals surface area contributed by atoms with Crippen molar-refractivity contribution in [2.45, 2.75) is 32.0 Å². The molecule has 0 aromatic carbocycles. The Morgan fingerprint density at radius 2 is 2.25 bits per heavy atom.